The molecule has 2 atom stereocenters. The van der Waals surface area contributed by atoms with Crippen LogP contribution in [0.5, 0.6) is 0 Å². The number of hydrogen-bond acceptors (Lipinski definition) is 3. The number of nitrogens with one attached hydrogen (secondary N) is 1. The van der Waals surface area contributed by atoms with Crippen LogP contribution in [-0.4, -0.2) is 44.1 Å². The summed E-state index contributed by atoms with van der Waals surface area (Å²) in [4.78, 5) is 14.7. The van der Waals surface area contributed by atoms with Gasteiger partial charge in [-0.15, -0.1) is 0 Å². The molecule has 4 nitrogen and oxygen atoms in total. The maximum absolute atomic E-state index is 12.7. The summed E-state index contributed by atoms with van der Waals surface area (Å²) in [6.07, 6.45) is 3.69. The molecule has 4 heteroatoms. The van der Waals surface area contributed by atoms with E-state index in [9.17, 15) is 4.79 Å². The number of rotatable bonds is 4. The highest BCUT2D eigenvalue weighted by Crippen LogP contribution is 2.30. The highest BCUT2D eigenvalue weighted by Gasteiger charge is 2.28. The predicted octanol–water partition coefficient (Wildman–Crippen LogP) is 2.15. The Hall–Kier alpha value is -1.39. The number of carbonyl (C=O) groups excluding carboxylic acids is 1. The first kappa shape index (κ1) is 15.5. The van der Waals surface area contributed by atoms with E-state index < -0.39 is 0 Å². The summed E-state index contributed by atoms with van der Waals surface area (Å²) in [5.41, 5.74) is 2.53. The van der Waals surface area contributed by atoms with Gasteiger partial charge >= 0.3 is 0 Å². The molecule has 0 aromatic heterocycles. The molecule has 1 N–H and O–H groups in total. The molecule has 22 heavy (non-hydrogen) atoms. The van der Waals surface area contributed by atoms with E-state index in [-0.39, 0.29) is 12.0 Å². The van der Waals surface area contributed by atoms with Crippen molar-refractivity contribution in [3.05, 3.63) is 35.4 Å². The second-order valence-electron chi connectivity index (χ2n) is 6.42. The second kappa shape index (κ2) is 7.25. The molecule has 0 saturated carbocycles. The molecule has 0 spiro atoms. The normalized spacial score (nSPS) is 24.9. The molecule has 1 aromatic carbocycles. The molecule has 1 fully saturated rings. The van der Waals surface area contributed by atoms with Crippen LogP contribution in [0.3, 0.4) is 0 Å². The molecular weight excluding hydrogens is 276 g/mol. The number of ether oxygens (including phenoxy) is 1. The lowest BCUT2D eigenvalue weighted by Gasteiger charge is -2.34. The number of hydrogen-bond donors (Lipinski definition) is 1. The van der Waals surface area contributed by atoms with E-state index in [0.29, 0.717) is 12.3 Å². The van der Waals surface area contributed by atoms with Crippen molar-refractivity contribution in [2.24, 2.45) is 5.92 Å². The molecule has 0 unspecified atom stereocenters. The molecule has 2 aliphatic heterocycles. The van der Waals surface area contributed by atoms with Crippen LogP contribution in [0.1, 0.15) is 36.5 Å². The van der Waals surface area contributed by atoms with Gasteiger partial charge in [0.05, 0.1) is 19.1 Å². The van der Waals surface area contributed by atoms with Crippen LogP contribution in [0.15, 0.2) is 24.3 Å². The van der Waals surface area contributed by atoms with Gasteiger partial charge < -0.3 is 15.0 Å². The van der Waals surface area contributed by atoms with Crippen molar-refractivity contribution in [2.75, 3.05) is 33.3 Å². The largest absolute Gasteiger partial charge is 0.373 e. The predicted molar refractivity (Wildman–Crippen MR) is 86.7 cm³/mol. The fraction of sp³-hybridized carbons (Fsp3) is 0.611. The number of nitrogens with zero attached hydrogens (tertiary/aromatic N) is 1. The third kappa shape index (κ3) is 3.50. The van der Waals surface area contributed by atoms with Crippen LogP contribution in [0.2, 0.25) is 0 Å². The Morgan fingerprint density at radius 3 is 3.14 bits per heavy atom. The van der Waals surface area contributed by atoms with Gasteiger partial charge in [0.1, 0.15) is 0 Å². The van der Waals surface area contributed by atoms with E-state index in [1.807, 2.05) is 18.0 Å². The van der Waals surface area contributed by atoms with E-state index in [0.717, 1.165) is 39.1 Å². The zero-order chi connectivity index (χ0) is 15.4. The fourth-order valence-corrected chi connectivity index (χ4v) is 3.68. The Kier molecular flexibility index (Phi) is 5.11. The van der Waals surface area contributed by atoms with Crippen molar-refractivity contribution in [3.8, 4) is 0 Å². The van der Waals surface area contributed by atoms with E-state index >= 15 is 0 Å². The number of carbonyl (C=O) groups is 1. The minimum atomic E-state index is -0.0675. The Morgan fingerprint density at radius 2 is 2.27 bits per heavy atom. The highest BCUT2D eigenvalue weighted by molar-refractivity contribution is 5.77. The summed E-state index contributed by atoms with van der Waals surface area (Å²) in [5, 5.41) is 3.23. The smallest absolute Gasteiger partial charge is 0.225 e. The average molecular weight is 302 g/mol. The van der Waals surface area contributed by atoms with Gasteiger partial charge in [0.15, 0.2) is 0 Å². The van der Waals surface area contributed by atoms with Crippen LogP contribution in [0.4, 0.5) is 0 Å². The molecule has 0 bridgehead atoms. The number of amides is 1. The summed E-state index contributed by atoms with van der Waals surface area (Å²) in [5.74, 6) is 0.824. The number of fused-ring (bicyclic) bond motifs is 1. The molecule has 2 heterocycles. The number of likely N-dealkylation sites (tertiary alicyclic amines) is 1. The van der Waals surface area contributed by atoms with Crippen LogP contribution in [0.25, 0.3) is 0 Å². The average Bonchev–Trinajstić information content (AvgIpc) is 2.56. The molecule has 1 amide bonds. The topological polar surface area (TPSA) is 41.6 Å². The van der Waals surface area contributed by atoms with Gasteiger partial charge in [-0.3, -0.25) is 4.79 Å². The second-order valence-corrected chi connectivity index (χ2v) is 6.42. The Morgan fingerprint density at radius 1 is 1.41 bits per heavy atom. The maximum atomic E-state index is 12.7. The van der Waals surface area contributed by atoms with Crippen LogP contribution >= 0.6 is 0 Å². The van der Waals surface area contributed by atoms with Gasteiger partial charge in [-0.25, -0.2) is 0 Å². The quantitative estimate of drug-likeness (QED) is 0.926. The van der Waals surface area contributed by atoms with Gasteiger partial charge in [-0.1, -0.05) is 24.3 Å². The van der Waals surface area contributed by atoms with Crippen molar-refractivity contribution in [1.82, 2.24) is 10.2 Å². The Bertz CT molecular complexity index is 516. The highest BCUT2D eigenvalue weighted by atomic mass is 16.5. The third-order valence-electron chi connectivity index (χ3n) is 4.82. The van der Waals surface area contributed by atoms with Crippen molar-refractivity contribution in [1.29, 1.82) is 0 Å². The van der Waals surface area contributed by atoms with E-state index in [1.165, 1.54) is 17.5 Å². The van der Waals surface area contributed by atoms with Crippen molar-refractivity contribution >= 4 is 5.91 Å². The minimum Gasteiger partial charge on any atom is -0.373 e. The lowest BCUT2D eigenvalue weighted by molar-refractivity contribution is -0.136. The van der Waals surface area contributed by atoms with Gasteiger partial charge in [-0.05, 0) is 49.9 Å². The summed E-state index contributed by atoms with van der Waals surface area (Å²) in [6, 6.07) is 8.36. The van der Waals surface area contributed by atoms with Gasteiger partial charge in [-0.2, -0.15) is 0 Å². The van der Waals surface area contributed by atoms with Crippen molar-refractivity contribution < 1.29 is 9.53 Å². The molecular formula is C18H26N2O2. The van der Waals surface area contributed by atoms with Crippen molar-refractivity contribution in [3.63, 3.8) is 0 Å². The molecule has 1 saturated heterocycles. The van der Waals surface area contributed by atoms with Crippen LogP contribution < -0.4 is 5.32 Å². The molecule has 2 aliphatic rings. The monoisotopic (exact) mass is 302 g/mol. The standard InChI is InChI=1S/C18H26N2O2/c1-19-12-14-5-4-9-20(13-14)18(21)11-17-16-7-3-2-6-15(16)8-10-22-17/h2-3,6-7,14,17,19H,4-5,8-13H2,1H3/t14-,17+/m1/s1. The van der Waals surface area contributed by atoms with Crippen LogP contribution in [0, 0.1) is 5.92 Å². The lowest BCUT2D eigenvalue weighted by Crippen LogP contribution is -2.43. The summed E-state index contributed by atoms with van der Waals surface area (Å²) < 4.78 is 5.88. The number of benzene rings is 1. The fourth-order valence-electron chi connectivity index (χ4n) is 3.68. The lowest BCUT2D eigenvalue weighted by atomic mass is 9.94. The first-order valence-electron chi connectivity index (χ1n) is 8.39. The van der Waals surface area contributed by atoms with Crippen molar-refractivity contribution in [2.45, 2.75) is 31.8 Å². The zero-order valence-electron chi connectivity index (χ0n) is 13.4. The number of piperidine rings is 1. The van der Waals surface area contributed by atoms with E-state index in [1.54, 1.807) is 0 Å². The maximum Gasteiger partial charge on any atom is 0.225 e. The third-order valence-corrected chi connectivity index (χ3v) is 4.82. The summed E-state index contributed by atoms with van der Waals surface area (Å²) in [7, 11) is 1.98. The van der Waals surface area contributed by atoms with Gasteiger partial charge in [0.25, 0.3) is 0 Å². The minimum absolute atomic E-state index is 0.0675. The zero-order valence-corrected chi connectivity index (χ0v) is 13.4. The molecule has 1 aromatic rings. The molecule has 120 valence electrons. The van der Waals surface area contributed by atoms with E-state index in [4.69, 9.17) is 4.74 Å². The SMILES string of the molecule is CNC[C@H]1CCCN(C(=O)C[C@@H]2OCCc3ccccc32)C1. The van der Waals surface area contributed by atoms with Crippen LogP contribution in [-0.2, 0) is 16.0 Å². The summed E-state index contributed by atoms with van der Waals surface area (Å²) >= 11 is 0. The van der Waals surface area contributed by atoms with E-state index in [2.05, 4.69) is 23.5 Å². The first-order valence-corrected chi connectivity index (χ1v) is 8.39. The van der Waals surface area contributed by atoms with Gasteiger partial charge in [0.2, 0.25) is 5.91 Å². The Labute approximate surface area is 132 Å². The van der Waals surface area contributed by atoms with Gasteiger partial charge in [0, 0.05) is 13.1 Å². The molecule has 0 radical (unpaired) electrons. The molecule has 0 aliphatic carbocycles. The molecule has 3 rings (SSSR count). The summed E-state index contributed by atoms with van der Waals surface area (Å²) in [6.45, 7) is 3.49. The Balaban J connectivity index is 1.62. The first-order chi connectivity index (χ1) is 10.8.